The number of pyridine rings is 2. The molecule has 2 aromatic rings. The first-order valence-corrected chi connectivity index (χ1v) is 3.53. The third-order valence-electron chi connectivity index (χ3n) is 1.76. The van der Waals surface area contributed by atoms with Gasteiger partial charge < -0.3 is 4.57 Å². The summed E-state index contributed by atoms with van der Waals surface area (Å²) < 4.78 is 16.1. The summed E-state index contributed by atoms with van der Waals surface area (Å²) in [5, 5.41) is 0. The summed E-state index contributed by atoms with van der Waals surface area (Å²) in [4.78, 5) is 15.3. The Morgan fingerprint density at radius 3 is 3.25 bits per heavy atom. The fourth-order valence-electron chi connectivity index (χ4n) is 1.09. The minimum absolute atomic E-state index is 0.0990. The lowest BCUT2D eigenvalue weighted by molar-refractivity contribution is 0.903. The van der Waals surface area contributed by atoms with Crippen LogP contribution in [0.15, 0.2) is 35.2 Å². The number of hydrogen-bond donors (Lipinski definition) is 0. The van der Waals surface area contributed by atoms with Crippen LogP contribution in [-0.4, -0.2) is 9.55 Å². The normalized spacial score (nSPS) is 12.8. The topological polar surface area (TPSA) is 34.9 Å². The molecular formula is C9H8N2O. The van der Waals surface area contributed by atoms with Crippen LogP contribution < -0.4 is 5.56 Å². The van der Waals surface area contributed by atoms with Crippen LogP contribution >= 0.6 is 0 Å². The maximum Gasteiger partial charge on any atom is 0.250 e. The highest BCUT2D eigenvalue weighted by Crippen LogP contribution is 2.05. The Kier molecular flexibility index (Phi) is 1.04. The molecule has 2 heterocycles. The number of nitrogens with zero attached hydrogens (tertiary/aromatic N) is 2. The van der Waals surface area contributed by atoms with Crippen molar-refractivity contribution in [1.29, 1.82) is 0 Å². The van der Waals surface area contributed by atoms with Crippen molar-refractivity contribution >= 4 is 11.0 Å². The maximum atomic E-state index is 11.4. The van der Waals surface area contributed by atoms with Gasteiger partial charge in [-0.1, -0.05) is 0 Å². The van der Waals surface area contributed by atoms with E-state index in [4.69, 9.17) is 2.74 Å². The molecule has 0 bridgehead atoms. The van der Waals surface area contributed by atoms with E-state index in [1.54, 1.807) is 13.1 Å². The third kappa shape index (κ3) is 0.906. The SMILES string of the molecule is [2H]c1ccc2c(cc([2H])c(=O)n2C)n1. The van der Waals surface area contributed by atoms with E-state index in [2.05, 4.69) is 4.98 Å². The third-order valence-corrected chi connectivity index (χ3v) is 1.76. The molecule has 0 amide bonds. The molecule has 2 aromatic heterocycles. The van der Waals surface area contributed by atoms with Gasteiger partial charge in [-0.15, -0.1) is 0 Å². The van der Waals surface area contributed by atoms with Crippen molar-refractivity contribution in [3.63, 3.8) is 0 Å². The molecule has 0 aliphatic rings. The van der Waals surface area contributed by atoms with Crippen molar-refractivity contribution in [3.05, 3.63) is 40.8 Å². The van der Waals surface area contributed by atoms with Crippen molar-refractivity contribution in [3.8, 4) is 0 Å². The molecule has 60 valence electrons. The van der Waals surface area contributed by atoms with Crippen LogP contribution in [0.3, 0.4) is 0 Å². The highest BCUT2D eigenvalue weighted by Gasteiger charge is 1.96. The molecule has 3 heteroatoms. The van der Waals surface area contributed by atoms with Crippen LogP contribution in [0, 0.1) is 0 Å². The van der Waals surface area contributed by atoms with Crippen molar-refractivity contribution in [2.75, 3.05) is 0 Å². The quantitative estimate of drug-likeness (QED) is 0.577. The van der Waals surface area contributed by atoms with Crippen LogP contribution in [0.2, 0.25) is 0 Å². The van der Waals surface area contributed by atoms with Gasteiger partial charge in [0, 0.05) is 19.3 Å². The summed E-state index contributed by atoms with van der Waals surface area (Å²) in [6.07, 6.45) is 0.135. The molecule has 0 atom stereocenters. The first kappa shape index (κ1) is 5.09. The van der Waals surface area contributed by atoms with Crippen LogP contribution in [0.1, 0.15) is 2.74 Å². The molecule has 0 saturated heterocycles. The van der Waals surface area contributed by atoms with Gasteiger partial charge in [0.15, 0.2) is 0 Å². The zero-order valence-electron chi connectivity index (χ0n) is 8.53. The molecule has 0 aliphatic heterocycles. The Hall–Kier alpha value is -1.64. The van der Waals surface area contributed by atoms with E-state index in [0.717, 1.165) is 0 Å². The Labute approximate surface area is 72.1 Å². The van der Waals surface area contributed by atoms with E-state index in [0.29, 0.717) is 11.0 Å². The zero-order chi connectivity index (χ0) is 10.3. The molecule has 0 radical (unpaired) electrons. The smallest absolute Gasteiger partial charge is 0.250 e. The second-order valence-corrected chi connectivity index (χ2v) is 2.50. The second-order valence-electron chi connectivity index (χ2n) is 2.50. The lowest BCUT2D eigenvalue weighted by Gasteiger charge is -2.01. The molecule has 0 unspecified atom stereocenters. The van der Waals surface area contributed by atoms with E-state index in [-0.39, 0.29) is 17.8 Å². The summed E-state index contributed by atoms with van der Waals surface area (Å²) in [5.74, 6) is 0. The molecule has 0 saturated carbocycles. The fraction of sp³-hybridized carbons (Fsp3) is 0.111. The molecule has 0 fully saturated rings. The van der Waals surface area contributed by atoms with Crippen molar-refractivity contribution in [2.24, 2.45) is 7.05 Å². The summed E-state index contributed by atoms with van der Waals surface area (Å²) in [5.41, 5.74) is 0.795. The summed E-state index contributed by atoms with van der Waals surface area (Å²) in [6.45, 7) is 0. The summed E-state index contributed by atoms with van der Waals surface area (Å²) in [7, 11) is 1.59. The van der Waals surface area contributed by atoms with E-state index < -0.39 is 0 Å². The maximum absolute atomic E-state index is 11.4. The van der Waals surface area contributed by atoms with Gasteiger partial charge >= 0.3 is 0 Å². The minimum Gasteiger partial charge on any atom is -0.310 e. The second kappa shape index (κ2) is 2.44. The van der Waals surface area contributed by atoms with Crippen LogP contribution in [0.4, 0.5) is 0 Å². The Morgan fingerprint density at radius 2 is 2.42 bits per heavy atom. The molecule has 0 aliphatic carbocycles. The molecule has 3 nitrogen and oxygen atoms in total. The first-order valence-electron chi connectivity index (χ1n) is 4.53. The van der Waals surface area contributed by atoms with Crippen LogP contribution in [0.25, 0.3) is 11.0 Å². The van der Waals surface area contributed by atoms with E-state index in [1.165, 1.54) is 16.7 Å². The first-order chi connectivity index (χ1) is 6.59. The van der Waals surface area contributed by atoms with Gasteiger partial charge in [0.25, 0.3) is 5.56 Å². The number of aryl methyl sites for hydroxylation is 1. The van der Waals surface area contributed by atoms with Gasteiger partial charge in [-0.05, 0) is 18.2 Å². The summed E-state index contributed by atoms with van der Waals surface area (Å²) in [6, 6.07) is 4.46. The molecule has 12 heavy (non-hydrogen) atoms. The Balaban J connectivity index is 2.98. The van der Waals surface area contributed by atoms with Crippen molar-refractivity contribution in [1.82, 2.24) is 9.55 Å². The standard InChI is InChI=1S/C9H8N2O/c1-11-8-3-2-6-10-7(8)4-5-9(11)12/h2-6H,1H3/i5D,6D. The number of hydrogen-bond acceptors (Lipinski definition) is 2. The van der Waals surface area contributed by atoms with Gasteiger partial charge in [-0.2, -0.15) is 0 Å². The lowest BCUT2D eigenvalue weighted by Crippen LogP contribution is -2.15. The Bertz CT molecular complexity index is 562. The van der Waals surface area contributed by atoms with Crippen LogP contribution in [-0.2, 0) is 7.05 Å². The lowest BCUT2D eigenvalue weighted by atomic mass is 10.3. The van der Waals surface area contributed by atoms with Gasteiger partial charge in [-0.3, -0.25) is 9.78 Å². The Morgan fingerprint density at radius 1 is 1.58 bits per heavy atom. The van der Waals surface area contributed by atoms with E-state index in [9.17, 15) is 4.79 Å². The fourth-order valence-corrected chi connectivity index (χ4v) is 1.09. The van der Waals surface area contributed by atoms with Gasteiger partial charge in [0.1, 0.15) is 0 Å². The number of aromatic nitrogens is 2. The van der Waals surface area contributed by atoms with E-state index >= 15 is 0 Å². The van der Waals surface area contributed by atoms with Gasteiger partial charge in [0.2, 0.25) is 0 Å². The number of fused-ring (bicyclic) bond motifs is 1. The average Bonchev–Trinajstić information content (AvgIpc) is 2.14. The predicted molar refractivity (Wildman–Crippen MR) is 47.0 cm³/mol. The molecule has 0 aromatic carbocycles. The largest absolute Gasteiger partial charge is 0.310 e. The highest BCUT2D eigenvalue weighted by molar-refractivity contribution is 5.73. The van der Waals surface area contributed by atoms with Gasteiger partial charge in [0.05, 0.1) is 13.8 Å². The van der Waals surface area contributed by atoms with Crippen molar-refractivity contribution in [2.45, 2.75) is 0 Å². The average molecular weight is 162 g/mol. The van der Waals surface area contributed by atoms with Gasteiger partial charge in [-0.25, -0.2) is 0 Å². The number of rotatable bonds is 0. The molecule has 0 spiro atoms. The van der Waals surface area contributed by atoms with Crippen LogP contribution in [0.5, 0.6) is 0 Å². The molecule has 2 rings (SSSR count). The molecular weight excluding hydrogens is 152 g/mol. The zero-order valence-corrected chi connectivity index (χ0v) is 6.53. The highest BCUT2D eigenvalue weighted by atomic mass is 16.1. The van der Waals surface area contributed by atoms with E-state index in [1.807, 2.05) is 0 Å². The predicted octanol–water partition coefficient (Wildman–Crippen LogP) is 0.933. The van der Waals surface area contributed by atoms with Crippen molar-refractivity contribution < 1.29 is 2.74 Å². The monoisotopic (exact) mass is 162 g/mol. The summed E-state index contributed by atoms with van der Waals surface area (Å²) >= 11 is 0. The minimum atomic E-state index is -0.350. The molecule has 0 N–H and O–H groups in total.